The van der Waals surface area contributed by atoms with E-state index in [4.69, 9.17) is 9.47 Å². The predicted octanol–water partition coefficient (Wildman–Crippen LogP) is 2.10. The number of carbonyl (C=O) groups is 1. The molecule has 0 bridgehead atoms. The summed E-state index contributed by atoms with van der Waals surface area (Å²) in [5.74, 6) is -0.633. The highest BCUT2D eigenvalue weighted by atomic mass is 16.6. The van der Waals surface area contributed by atoms with Gasteiger partial charge in [0.1, 0.15) is 5.60 Å². The van der Waals surface area contributed by atoms with Crippen LogP contribution < -0.4 is 4.74 Å². The number of methoxy groups -OCH3 is 1. The third kappa shape index (κ3) is 4.52. The minimum absolute atomic E-state index is 0.434. The van der Waals surface area contributed by atoms with E-state index in [1.54, 1.807) is 39.8 Å². The lowest BCUT2D eigenvalue weighted by molar-refractivity contribution is -0.163. The van der Waals surface area contributed by atoms with Gasteiger partial charge in [-0.1, -0.05) is 0 Å². The molecule has 1 aromatic heterocycles. The molecule has 0 aliphatic rings. The first-order valence-corrected chi connectivity index (χ1v) is 6.15. The summed E-state index contributed by atoms with van der Waals surface area (Å²) in [5, 5.41) is 10.1. The summed E-state index contributed by atoms with van der Waals surface area (Å²) in [6.45, 7) is 7.00. The number of rotatable bonds is 4. The van der Waals surface area contributed by atoms with E-state index in [1.165, 1.54) is 13.3 Å². The third-order valence-corrected chi connectivity index (χ3v) is 2.56. The molecule has 1 aromatic rings. The van der Waals surface area contributed by atoms with Gasteiger partial charge in [-0.15, -0.1) is 0 Å². The summed E-state index contributed by atoms with van der Waals surface area (Å²) in [6.07, 6.45) is 0.540. The van der Waals surface area contributed by atoms with E-state index in [-0.39, 0.29) is 0 Å². The van der Waals surface area contributed by atoms with Crippen LogP contribution in [0.25, 0.3) is 0 Å². The van der Waals surface area contributed by atoms with Gasteiger partial charge in [0.25, 0.3) is 0 Å². The lowest BCUT2D eigenvalue weighted by Crippen LogP contribution is -2.30. The molecular formula is C14H21NO4. The number of carbonyl (C=O) groups excluding carboxylic acids is 1. The second-order valence-corrected chi connectivity index (χ2v) is 5.40. The molecule has 0 saturated carbocycles. The Balaban J connectivity index is 2.75. The number of aromatic nitrogens is 1. The van der Waals surface area contributed by atoms with E-state index in [1.807, 2.05) is 0 Å². The topological polar surface area (TPSA) is 68.7 Å². The van der Waals surface area contributed by atoms with Crippen molar-refractivity contribution >= 4 is 5.97 Å². The highest BCUT2D eigenvalue weighted by molar-refractivity contribution is 5.73. The minimum Gasteiger partial charge on any atom is -0.481 e. The molecule has 0 amide bonds. The molecule has 1 heterocycles. The molecule has 5 heteroatoms. The van der Waals surface area contributed by atoms with Gasteiger partial charge in [-0.3, -0.25) is 4.79 Å². The normalized spacial score (nSPS) is 14.6. The van der Waals surface area contributed by atoms with Crippen LogP contribution in [0.15, 0.2) is 18.3 Å². The largest absolute Gasteiger partial charge is 0.481 e. The molecule has 0 aliphatic heterocycles. The number of ether oxygens (including phenoxy) is 2. The second kappa shape index (κ2) is 6.02. The standard InChI is InChI=1S/C14H21NO4/c1-9(13(17)19-14(2,3)4)12(16)10-6-7-11(18-5)15-8-10/h6-9,12,16H,1-5H3. The summed E-state index contributed by atoms with van der Waals surface area (Å²) in [7, 11) is 1.52. The first-order valence-electron chi connectivity index (χ1n) is 6.15. The summed E-state index contributed by atoms with van der Waals surface area (Å²) in [5.41, 5.74) is -0.0115. The van der Waals surface area contributed by atoms with E-state index in [0.29, 0.717) is 11.4 Å². The zero-order valence-corrected chi connectivity index (χ0v) is 12.0. The minimum atomic E-state index is -0.951. The van der Waals surface area contributed by atoms with Gasteiger partial charge in [-0.2, -0.15) is 0 Å². The summed E-state index contributed by atoms with van der Waals surface area (Å²) in [6, 6.07) is 3.32. The van der Waals surface area contributed by atoms with E-state index in [2.05, 4.69) is 4.98 Å². The molecule has 1 rings (SSSR count). The van der Waals surface area contributed by atoms with E-state index >= 15 is 0 Å². The maximum atomic E-state index is 11.9. The number of hydrogen-bond acceptors (Lipinski definition) is 5. The van der Waals surface area contributed by atoms with Gasteiger partial charge in [0, 0.05) is 12.3 Å². The van der Waals surface area contributed by atoms with Crippen LogP contribution in [-0.2, 0) is 9.53 Å². The molecular weight excluding hydrogens is 246 g/mol. The van der Waals surface area contributed by atoms with Crippen LogP contribution in [-0.4, -0.2) is 28.8 Å². The predicted molar refractivity (Wildman–Crippen MR) is 70.8 cm³/mol. The van der Waals surface area contributed by atoms with Crippen LogP contribution in [0.4, 0.5) is 0 Å². The number of pyridine rings is 1. The van der Waals surface area contributed by atoms with Gasteiger partial charge < -0.3 is 14.6 Å². The third-order valence-electron chi connectivity index (χ3n) is 2.56. The molecule has 106 valence electrons. The Morgan fingerprint density at radius 3 is 2.42 bits per heavy atom. The van der Waals surface area contributed by atoms with Crippen molar-refractivity contribution in [3.05, 3.63) is 23.9 Å². The van der Waals surface area contributed by atoms with Crippen molar-refractivity contribution in [3.63, 3.8) is 0 Å². The Bertz CT molecular complexity index is 422. The lowest BCUT2D eigenvalue weighted by Gasteiger charge is -2.24. The first-order chi connectivity index (χ1) is 8.74. The van der Waals surface area contributed by atoms with Gasteiger partial charge in [0.05, 0.1) is 19.1 Å². The van der Waals surface area contributed by atoms with Crippen LogP contribution in [0.2, 0.25) is 0 Å². The van der Waals surface area contributed by atoms with Crippen LogP contribution in [0.5, 0.6) is 5.88 Å². The van der Waals surface area contributed by atoms with Crippen molar-refractivity contribution in [1.29, 1.82) is 0 Å². The number of hydrogen-bond donors (Lipinski definition) is 1. The van der Waals surface area contributed by atoms with Gasteiger partial charge in [-0.05, 0) is 39.3 Å². The van der Waals surface area contributed by atoms with Crippen molar-refractivity contribution in [3.8, 4) is 5.88 Å². The zero-order chi connectivity index (χ0) is 14.6. The number of nitrogens with zero attached hydrogens (tertiary/aromatic N) is 1. The average molecular weight is 267 g/mol. The Morgan fingerprint density at radius 2 is 2.00 bits per heavy atom. The molecule has 0 radical (unpaired) electrons. The maximum Gasteiger partial charge on any atom is 0.312 e. The monoisotopic (exact) mass is 267 g/mol. The van der Waals surface area contributed by atoms with E-state index in [9.17, 15) is 9.90 Å². The van der Waals surface area contributed by atoms with E-state index < -0.39 is 23.6 Å². The van der Waals surface area contributed by atoms with Crippen molar-refractivity contribution in [2.45, 2.75) is 39.4 Å². The van der Waals surface area contributed by atoms with Crippen molar-refractivity contribution in [1.82, 2.24) is 4.98 Å². The SMILES string of the molecule is COc1ccc(C(O)C(C)C(=O)OC(C)(C)C)cn1. The molecule has 1 N–H and O–H groups in total. The number of aliphatic hydroxyl groups excluding tert-OH is 1. The number of esters is 1. The molecule has 2 atom stereocenters. The molecule has 0 spiro atoms. The van der Waals surface area contributed by atoms with Crippen LogP contribution in [0.1, 0.15) is 39.4 Å². The second-order valence-electron chi connectivity index (χ2n) is 5.40. The fourth-order valence-corrected chi connectivity index (χ4v) is 1.50. The van der Waals surface area contributed by atoms with Crippen molar-refractivity contribution in [2.75, 3.05) is 7.11 Å². The Morgan fingerprint density at radius 1 is 1.37 bits per heavy atom. The quantitative estimate of drug-likeness (QED) is 0.846. The zero-order valence-electron chi connectivity index (χ0n) is 12.0. The van der Waals surface area contributed by atoms with Crippen molar-refractivity contribution in [2.24, 2.45) is 5.92 Å². The van der Waals surface area contributed by atoms with Gasteiger partial charge in [-0.25, -0.2) is 4.98 Å². The Labute approximate surface area is 113 Å². The van der Waals surface area contributed by atoms with Gasteiger partial charge >= 0.3 is 5.97 Å². The highest BCUT2D eigenvalue weighted by Crippen LogP contribution is 2.25. The fourth-order valence-electron chi connectivity index (χ4n) is 1.50. The van der Waals surface area contributed by atoms with Gasteiger partial charge in [0.15, 0.2) is 0 Å². The highest BCUT2D eigenvalue weighted by Gasteiger charge is 2.28. The van der Waals surface area contributed by atoms with Crippen LogP contribution in [0, 0.1) is 5.92 Å². The van der Waals surface area contributed by atoms with E-state index in [0.717, 1.165) is 0 Å². The summed E-state index contributed by atoms with van der Waals surface area (Å²) < 4.78 is 10.2. The first kappa shape index (κ1) is 15.4. The molecule has 5 nitrogen and oxygen atoms in total. The lowest BCUT2D eigenvalue weighted by atomic mass is 9.98. The number of aliphatic hydroxyl groups is 1. The fraction of sp³-hybridized carbons (Fsp3) is 0.571. The molecule has 0 fully saturated rings. The van der Waals surface area contributed by atoms with Crippen LogP contribution in [0.3, 0.4) is 0 Å². The molecule has 0 aromatic carbocycles. The van der Waals surface area contributed by atoms with Gasteiger partial charge in [0.2, 0.25) is 5.88 Å². The molecule has 0 saturated heterocycles. The van der Waals surface area contributed by atoms with Crippen LogP contribution >= 0.6 is 0 Å². The maximum absolute atomic E-state index is 11.9. The Hall–Kier alpha value is -1.62. The molecule has 0 aliphatic carbocycles. The Kier molecular flexibility index (Phi) is 4.89. The summed E-state index contributed by atoms with van der Waals surface area (Å²) >= 11 is 0. The smallest absolute Gasteiger partial charge is 0.312 e. The summed E-state index contributed by atoms with van der Waals surface area (Å²) in [4.78, 5) is 15.9. The molecule has 19 heavy (non-hydrogen) atoms. The molecule has 2 unspecified atom stereocenters. The van der Waals surface area contributed by atoms with Crippen molar-refractivity contribution < 1.29 is 19.4 Å². The average Bonchev–Trinajstić information content (AvgIpc) is 2.35.